The number of imidazole rings is 3. The van der Waals surface area contributed by atoms with Gasteiger partial charge in [0.2, 0.25) is 0 Å². The van der Waals surface area contributed by atoms with Crippen LogP contribution in [-0.2, 0) is 78.0 Å². The van der Waals surface area contributed by atoms with Crippen LogP contribution in [0.3, 0.4) is 0 Å². The predicted octanol–water partition coefficient (Wildman–Crippen LogP) is 20.1. The zero-order valence-corrected chi connectivity index (χ0v) is 63.6. The van der Waals surface area contributed by atoms with E-state index in [1.165, 1.54) is 43.2 Å². The Labute approximate surface area is 661 Å². The molecule has 0 saturated heterocycles. The van der Waals surface area contributed by atoms with Crippen molar-refractivity contribution in [2.75, 3.05) is 9.80 Å². The maximum Gasteiger partial charge on any atom is 3.00 e. The fourth-order valence-electron chi connectivity index (χ4n) is 14.2. The first kappa shape index (κ1) is 74.4. The summed E-state index contributed by atoms with van der Waals surface area (Å²) in [6.45, 7) is 0. The quantitative estimate of drug-likeness (QED) is 0.0598. The molecular weight excluding hydrogens is 1840 g/mol. The van der Waals surface area contributed by atoms with Gasteiger partial charge in [-0.1, -0.05) is 172 Å². The fraction of sp³-hybridized carbons (Fsp3) is 0.133. The Morgan fingerprint density at radius 2 is 0.724 bits per heavy atom. The van der Waals surface area contributed by atoms with Gasteiger partial charge in [-0.05, 0) is 103 Å². The van der Waals surface area contributed by atoms with E-state index in [4.69, 9.17) is 19.7 Å². The average Bonchev–Trinajstić information content (AvgIpc) is 1.75. The van der Waals surface area contributed by atoms with Gasteiger partial charge in [0.1, 0.15) is 0 Å². The van der Waals surface area contributed by atoms with Crippen molar-refractivity contribution in [1.29, 1.82) is 0 Å². The van der Waals surface area contributed by atoms with Gasteiger partial charge in [0.25, 0.3) is 0 Å². The van der Waals surface area contributed by atoms with Crippen LogP contribution in [0.25, 0.3) is 34.2 Å². The van der Waals surface area contributed by atoms with Gasteiger partial charge in [-0.15, -0.1) is 125 Å². The SMILES string of the molecule is [Au+3].[Au+3].[Au+3].[c-]1c(-c2ncc[n-]2)cccc1N(c1[c-]c(C(c2ccccc2)c2ccccn2)ccc1)c1ccccc1.[c-]1c(-c2ncc[n-]2)cccc1N(c1[c-]c(C2(c3ccccn3)CCCC2)ccc1)c1ccccc1.[c-]1c(Oc2[c-]c(C3(c4ccccn4)CCCCC3)ccc2)cccc1-c1ncc[n-]1. The second-order valence-corrected chi connectivity index (χ2v) is 25.2. The molecular formula is C90H70Au3N11O. The van der Waals surface area contributed by atoms with Crippen molar-refractivity contribution in [1.82, 2.24) is 44.9 Å². The van der Waals surface area contributed by atoms with Crippen LogP contribution in [0.4, 0.5) is 34.1 Å². The van der Waals surface area contributed by atoms with Gasteiger partial charge in [-0.25, -0.2) is 0 Å². The molecule has 2 aliphatic rings. The minimum absolute atomic E-state index is 0. The number of hydrogen-bond acceptors (Lipinski definition) is 9. The van der Waals surface area contributed by atoms with Gasteiger partial charge in [-0.2, -0.15) is 65.2 Å². The summed E-state index contributed by atoms with van der Waals surface area (Å²) < 4.78 is 6.14. The number of ether oxygens (including phenoxy) is 1. The smallest absolute Gasteiger partial charge is 0.503 e. The molecule has 0 N–H and O–H groups in total. The Morgan fingerprint density at radius 1 is 0.324 bits per heavy atom. The van der Waals surface area contributed by atoms with Crippen molar-refractivity contribution in [2.24, 2.45) is 0 Å². The second kappa shape index (κ2) is 35.9. The Bertz CT molecular complexity index is 5050. The second-order valence-electron chi connectivity index (χ2n) is 25.2. The largest absolute Gasteiger partial charge is 3.00 e. The topological polar surface area (TPSA) is 135 Å². The summed E-state index contributed by atoms with van der Waals surface area (Å²) in [4.78, 5) is 44.5. The fourth-order valence-corrected chi connectivity index (χ4v) is 14.2. The molecule has 0 amide bonds. The van der Waals surface area contributed by atoms with Crippen LogP contribution in [0.1, 0.15) is 103 Å². The van der Waals surface area contributed by atoms with E-state index in [0.717, 1.165) is 105 Å². The molecule has 105 heavy (non-hydrogen) atoms. The van der Waals surface area contributed by atoms with Crippen LogP contribution < -0.4 is 29.5 Å². The molecule has 15 heteroatoms. The molecule has 2 aliphatic carbocycles. The maximum absolute atomic E-state index is 6.14. The molecule has 9 aromatic carbocycles. The van der Waals surface area contributed by atoms with Gasteiger partial charge >= 0.3 is 67.1 Å². The number of rotatable bonds is 18. The minimum Gasteiger partial charge on any atom is -0.503 e. The monoisotopic (exact) mass is 1910 g/mol. The van der Waals surface area contributed by atoms with Crippen LogP contribution in [0, 0.1) is 36.4 Å². The minimum atomic E-state index is -0.104. The third kappa shape index (κ3) is 17.2. The first-order valence-corrected chi connectivity index (χ1v) is 34.7. The van der Waals surface area contributed by atoms with Gasteiger partial charge in [0, 0.05) is 69.6 Å². The first-order chi connectivity index (χ1) is 50.5. The Hall–Kier alpha value is -10.3. The van der Waals surface area contributed by atoms with Crippen LogP contribution in [-0.4, -0.2) is 29.9 Å². The van der Waals surface area contributed by atoms with Crippen LogP contribution in [0.15, 0.2) is 311 Å². The van der Waals surface area contributed by atoms with Gasteiger partial charge in [-0.3, -0.25) is 15.0 Å². The Kier molecular flexibility index (Phi) is 25.4. The molecule has 1 atom stereocenters. The molecule has 0 radical (unpaired) electrons. The molecule has 0 spiro atoms. The van der Waals surface area contributed by atoms with E-state index in [2.05, 4.69) is 216 Å². The summed E-state index contributed by atoms with van der Waals surface area (Å²) in [6, 6.07) is 108. The van der Waals surface area contributed by atoms with Crippen molar-refractivity contribution in [3.63, 3.8) is 0 Å². The average molecular weight is 1910 g/mol. The van der Waals surface area contributed by atoms with Gasteiger partial charge in [0.05, 0.1) is 5.69 Å². The number of pyridine rings is 3. The summed E-state index contributed by atoms with van der Waals surface area (Å²) >= 11 is 0. The summed E-state index contributed by atoms with van der Waals surface area (Å²) in [5.41, 5.74) is 15.9. The number of benzene rings is 9. The van der Waals surface area contributed by atoms with Crippen molar-refractivity contribution >= 4 is 34.1 Å². The number of anilines is 6. The van der Waals surface area contributed by atoms with E-state index < -0.39 is 0 Å². The molecule has 6 heterocycles. The zero-order valence-electron chi connectivity index (χ0n) is 57.1. The van der Waals surface area contributed by atoms with E-state index in [9.17, 15) is 0 Å². The molecule has 524 valence electrons. The molecule has 17 rings (SSSR count). The predicted molar refractivity (Wildman–Crippen MR) is 401 cm³/mol. The van der Waals surface area contributed by atoms with E-state index in [0.29, 0.717) is 29.0 Å². The molecule has 6 aromatic heterocycles. The molecule has 12 nitrogen and oxygen atoms in total. The number of nitrogens with zero attached hydrogens (tertiary/aromatic N) is 11. The Balaban J connectivity index is 0.000000147. The van der Waals surface area contributed by atoms with Gasteiger partial charge in [0.15, 0.2) is 0 Å². The van der Waals surface area contributed by atoms with Crippen LogP contribution in [0.5, 0.6) is 11.5 Å². The van der Waals surface area contributed by atoms with Crippen molar-refractivity contribution in [2.45, 2.75) is 74.5 Å². The molecule has 15 aromatic rings. The number of hydrogen-bond donors (Lipinski definition) is 0. The van der Waals surface area contributed by atoms with Crippen LogP contribution in [0.2, 0.25) is 0 Å². The number of para-hydroxylation sites is 2. The first-order valence-electron chi connectivity index (χ1n) is 34.7. The number of aromatic nitrogens is 9. The van der Waals surface area contributed by atoms with E-state index in [-0.39, 0.29) is 83.9 Å². The third-order valence-electron chi connectivity index (χ3n) is 18.9. The molecule has 1 unspecified atom stereocenters. The zero-order chi connectivity index (χ0) is 68.6. The summed E-state index contributed by atoms with van der Waals surface area (Å²) in [7, 11) is 0. The molecule has 2 fully saturated rings. The van der Waals surface area contributed by atoms with E-state index in [1.54, 1.807) is 37.2 Å². The molecule has 0 aliphatic heterocycles. The van der Waals surface area contributed by atoms with Crippen molar-refractivity contribution < 1.29 is 71.9 Å². The van der Waals surface area contributed by atoms with Gasteiger partial charge < -0.3 is 44.4 Å². The maximum atomic E-state index is 6.14. The Morgan fingerprint density at radius 3 is 1.20 bits per heavy atom. The molecule has 2 saturated carbocycles. The van der Waals surface area contributed by atoms with Crippen molar-refractivity contribution in [3.8, 4) is 45.7 Å². The van der Waals surface area contributed by atoms with E-state index in [1.807, 2.05) is 134 Å². The standard InChI is InChI=1S/C33H23N4.C31H25N4.C26H22N3O.3Au/c1-3-11-25(12-4-1)32(31-19-7-8-20-34-31)26-13-9-17-29(23-26)37(28-15-5-2-6-16-28)30-18-10-14-27(24-30)33-35-21-22-36-33;1-2-12-26(13-3-1)35(27-14-8-10-24(22-27)30-33-20-21-34-30)28-15-9-11-25(23-28)31(17-5-6-18-31)29-16-4-7-19-32-29;1-3-13-26(14-4-1,24-12-2-5-15-27-24)21-9-7-11-23(19-21)30-22-10-6-8-20(18-22)25-28-16-17-29-25;;;/h1-22,32H;1-4,7-16,19-21H,5-6,17-18H2;2,5-12,15-17H,1,3-4,13-14H2;;;/q3*-3;3*+3. The summed E-state index contributed by atoms with van der Waals surface area (Å²) in [6.07, 6.45) is 26.2. The summed E-state index contributed by atoms with van der Waals surface area (Å²) in [5.74, 6) is 3.25. The molecule has 0 bridgehead atoms. The van der Waals surface area contributed by atoms with Crippen LogP contribution >= 0.6 is 0 Å². The van der Waals surface area contributed by atoms with E-state index >= 15 is 0 Å². The van der Waals surface area contributed by atoms with Crippen molar-refractivity contribution in [3.05, 3.63) is 386 Å². The summed E-state index contributed by atoms with van der Waals surface area (Å²) in [5, 5.41) is 0. The normalized spacial score (nSPS) is 13.4. The third-order valence-corrected chi connectivity index (χ3v) is 18.9.